The van der Waals surface area contributed by atoms with E-state index in [1.807, 2.05) is 0 Å². The van der Waals surface area contributed by atoms with Crippen molar-refractivity contribution in [2.45, 2.75) is 13.1 Å². The molecule has 0 heterocycles. The van der Waals surface area contributed by atoms with E-state index in [-0.39, 0.29) is 6.54 Å². The van der Waals surface area contributed by atoms with Crippen molar-refractivity contribution in [1.29, 1.82) is 0 Å². The van der Waals surface area contributed by atoms with E-state index in [0.717, 1.165) is 4.90 Å². The summed E-state index contributed by atoms with van der Waals surface area (Å²) in [6.07, 6.45) is -4.69. The fourth-order valence-corrected chi connectivity index (χ4v) is 1.55. The summed E-state index contributed by atoms with van der Waals surface area (Å²) < 4.78 is 51.1. The van der Waals surface area contributed by atoms with Gasteiger partial charge in [0.2, 0.25) is 5.91 Å². The van der Waals surface area contributed by atoms with Gasteiger partial charge in [0.05, 0.1) is 17.7 Å². The first kappa shape index (κ1) is 15.9. The fraction of sp³-hybridized carbons (Fsp3) is 0.333. The van der Waals surface area contributed by atoms with Crippen LogP contribution in [0.25, 0.3) is 0 Å². The van der Waals surface area contributed by atoms with Crippen molar-refractivity contribution in [3.63, 3.8) is 0 Å². The Labute approximate surface area is 112 Å². The lowest BCUT2D eigenvalue weighted by Crippen LogP contribution is -2.38. The Balaban J connectivity index is 3.17. The maximum atomic E-state index is 13.5. The van der Waals surface area contributed by atoms with Crippen LogP contribution < -0.4 is 5.73 Å². The van der Waals surface area contributed by atoms with Crippen molar-refractivity contribution in [2.24, 2.45) is 5.73 Å². The third kappa shape index (κ3) is 3.69. The average molecular weight is 292 g/mol. The fourth-order valence-electron chi connectivity index (χ4n) is 1.55. The zero-order chi connectivity index (χ0) is 15.5. The molecule has 0 atom stereocenters. The molecule has 110 valence electrons. The molecule has 8 heteroatoms. The van der Waals surface area contributed by atoms with Gasteiger partial charge in [-0.2, -0.15) is 13.2 Å². The molecule has 0 saturated carbocycles. The molecule has 0 spiro atoms. The van der Waals surface area contributed by atoms with E-state index >= 15 is 0 Å². The zero-order valence-electron chi connectivity index (χ0n) is 10.5. The normalized spacial score (nSPS) is 11.2. The number of nitrogens with zero attached hydrogens (tertiary/aromatic N) is 1. The highest BCUT2D eigenvalue weighted by atomic mass is 19.4. The first-order valence-electron chi connectivity index (χ1n) is 5.61. The number of carbonyl (C=O) groups is 2. The summed E-state index contributed by atoms with van der Waals surface area (Å²) in [5, 5.41) is 0. The van der Waals surface area contributed by atoms with Crippen molar-refractivity contribution in [2.75, 3.05) is 13.1 Å². The first-order valence-corrected chi connectivity index (χ1v) is 5.61. The first-order chi connectivity index (χ1) is 9.16. The molecule has 0 aromatic heterocycles. The molecule has 0 saturated heterocycles. The van der Waals surface area contributed by atoms with E-state index in [0.29, 0.717) is 18.2 Å². The number of hydrogen-bond acceptors (Lipinski definition) is 2. The molecule has 4 nitrogen and oxygen atoms in total. The van der Waals surface area contributed by atoms with Crippen molar-refractivity contribution < 1.29 is 27.2 Å². The number of benzene rings is 1. The summed E-state index contributed by atoms with van der Waals surface area (Å²) in [6.45, 7) is 1.01. The molecule has 1 rings (SSSR count). The highest BCUT2D eigenvalue weighted by Gasteiger charge is 2.32. The maximum absolute atomic E-state index is 13.5. The van der Waals surface area contributed by atoms with E-state index in [1.54, 1.807) is 0 Å². The van der Waals surface area contributed by atoms with Gasteiger partial charge < -0.3 is 10.6 Å². The third-order valence-corrected chi connectivity index (χ3v) is 2.54. The lowest BCUT2D eigenvalue weighted by atomic mass is 10.1. The monoisotopic (exact) mass is 292 g/mol. The van der Waals surface area contributed by atoms with Crippen molar-refractivity contribution in [1.82, 2.24) is 4.90 Å². The largest absolute Gasteiger partial charge is 0.416 e. The smallest absolute Gasteiger partial charge is 0.368 e. The Morgan fingerprint density at radius 1 is 1.30 bits per heavy atom. The molecule has 0 bridgehead atoms. The third-order valence-electron chi connectivity index (χ3n) is 2.54. The Bertz CT molecular complexity index is 529. The molecule has 0 fully saturated rings. The minimum absolute atomic E-state index is 0.0114. The van der Waals surface area contributed by atoms with E-state index in [1.165, 1.54) is 6.92 Å². The van der Waals surface area contributed by atoms with Crippen LogP contribution in [0.15, 0.2) is 18.2 Å². The number of rotatable bonds is 4. The van der Waals surface area contributed by atoms with Crippen LogP contribution in [-0.2, 0) is 11.0 Å². The summed E-state index contributed by atoms with van der Waals surface area (Å²) in [5.74, 6) is -2.95. The average Bonchev–Trinajstić information content (AvgIpc) is 2.34. The van der Waals surface area contributed by atoms with Crippen LogP contribution in [0.4, 0.5) is 17.6 Å². The van der Waals surface area contributed by atoms with E-state index < -0.39 is 41.5 Å². The maximum Gasteiger partial charge on any atom is 0.416 e. The second-order valence-electron chi connectivity index (χ2n) is 3.98. The Hall–Kier alpha value is -2.12. The number of halogens is 4. The number of alkyl halides is 3. The second kappa shape index (κ2) is 5.89. The molecule has 2 amide bonds. The van der Waals surface area contributed by atoms with E-state index in [2.05, 4.69) is 0 Å². The molecule has 0 unspecified atom stereocenters. The van der Waals surface area contributed by atoms with Crippen LogP contribution in [0.3, 0.4) is 0 Å². The SMILES string of the molecule is CCN(CC(N)=O)C(=O)c1cc(C(F)(F)F)ccc1F. The quantitative estimate of drug-likeness (QED) is 0.860. The summed E-state index contributed by atoms with van der Waals surface area (Å²) >= 11 is 0. The van der Waals surface area contributed by atoms with Crippen LogP contribution in [-0.4, -0.2) is 29.8 Å². The van der Waals surface area contributed by atoms with Crippen LogP contribution >= 0.6 is 0 Å². The molecule has 0 aliphatic rings. The number of carbonyl (C=O) groups excluding carboxylic acids is 2. The van der Waals surface area contributed by atoms with E-state index in [9.17, 15) is 27.2 Å². The zero-order valence-corrected chi connectivity index (χ0v) is 10.5. The van der Waals surface area contributed by atoms with Crippen LogP contribution in [0.2, 0.25) is 0 Å². The van der Waals surface area contributed by atoms with Crippen molar-refractivity contribution in [3.8, 4) is 0 Å². The van der Waals surface area contributed by atoms with Gasteiger partial charge in [-0.05, 0) is 25.1 Å². The number of likely N-dealkylation sites (N-methyl/N-ethyl adjacent to an activating group) is 1. The Kier molecular flexibility index (Phi) is 4.69. The highest BCUT2D eigenvalue weighted by molar-refractivity contribution is 5.96. The van der Waals surface area contributed by atoms with Gasteiger partial charge in [-0.1, -0.05) is 0 Å². The van der Waals surface area contributed by atoms with E-state index in [4.69, 9.17) is 5.73 Å². The van der Waals surface area contributed by atoms with Crippen LogP contribution in [0.5, 0.6) is 0 Å². The van der Waals surface area contributed by atoms with Gasteiger partial charge >= 0.3 is 6.18 Å². The molecule has 0 radical (unpaired) electrons. The summed E-state index contributed by atoms with van der Waals surface area (Å²) in [7, 11) is 0. The summed E-state index contributed by atoms with van der Waals surface area (Å²) in [4.78, 5) is 23.6. The van der Waals surface area contributed by atoms with Gasteiger partial charge in [-0.3, -0.25) is 9.59 Å². The Morgan fingerprint density at radius 2 is 1.90 bits per heavy atom. The number of hydrogen-bond donors (Lipinski definition) is 1. The predicted octanol–water partition coefficient (Wildman–Crippen LogP) is 1.79. The molecule has 2 N–H and O–H groups in total. The van der Waals surface area contributed by atoms with Gasteiger partial charge in [0.15, 0.2) is 0 Å². The number of amides is 2. The highest BCUT2D eigenvalue weighted by Crippen LogP contribution is 2.30. The molecule has 1 aromatic rings. The topological polar surface area (TPSA) is 63.4 Å². The summed E-state index contributed by atoms with van der Waals surface area (Å²) in [6, 6.07) is 1.52. The van der Waals surface area contributed by atoms with Gasteiger partial charge in [-0.25, -0.2) is 4.39 Å². The van der Waals surface area contributed by atoms with Crippen LogP contribution in [0.1, 0.15) is 22.8 Å². The molecule has 0 aliphatic carbocycles. The van der Waals surface area contributed by atoms with Crippen LogP contribution in [0, 0.1) is 5.82 Å². The standard InChI is InChI=1S/C12H12F4N2O2/c1-2-18(6-10(17)19)11(20)8-5-7(12(14,15)16)3-4-9(8)13/h3-5H,2,6H2,1H3,(H2,17,19). The minimum Gasteiger partial charge on any atom is -0.368 e. The molecular weight excluding hydrogens is 280 g/mol. The van der Waals surface area contributed by atoms with Gasteiger partial charge in [-0.15, -0.1) is 0 Å². The summed E-state index contributed by atoms with van der Waals surface area (Å²) in [5.41, 5.74) is 3.03. The number of nitrogens with two attached hydrogens (primary N) is 1. The van der Waals surface area contributed by atoms with Crippen molar-refractivity contribution in [3.05, 3.63) is 35.1 Å². The van der Waals surface area contributed by atoms with Gasteiger partial charge in [0, 0.05) is 6.54 Å². The number of primary amides is 1. The van der Waals surface area contributed by atoms with Gasteiger partial charge in [0.25, 0.3) is 5.91 Å². The molecule has 20 heavy (non-hydrogen) atoms. The molecular formula is C12H12F4N2O2. The second-order valence-corrected chi connectivity index (χ2v) is 3.98. The lowest BCUT2D eigenvalue weighted by Gasteiger charge is -2.20. The predicted molar refractivity (Wildman–Crippen MR) is 62.2 cm³/mol. The molecule has 0 aliphatic heterocycles. The lowest BCUT2D eigenvalue weighted by molar-refractivity contribution is -0.137. The van der Waals surface area contributed by atoms with Crippen molar-refractivity contribution >= 4 is 11.8 Å². The Morgan fingerprint density at radius 3 is 2.35 bits per heavy atom. The van der Waals surface area contributed by atoms with Gasteiger partial charge in [0.1, 0.15) is 5.82 Å². The molecule has 1 aromatic carbocycles. The minimum atomic E-state index is -4.69.